The van der Waals surface area contributed by atoms with E-state index in [4.69, 9.17) is 9.47 Å². The van der Waals surface area contributed by atoms with E-state index in [9.17, 15) is 0 Å². The number of para-hydroxylation sites is 2. The lowest BCUT2D eigenvalue weighted by Crippen LogP contribution is -1.98. The maximum atomic E-state index is 5.80. The van der Waals surface area contributed by atoms with E-state index in [2.05, 4.69) is 31.5 Å². The summed E-state index contributed by atoms with van der Waals surface area (Å²) in [6.07, 6.45) is 0. The fraction of sp³-hybridized carbons (Fsp3) is 0.400. The van der Waals surface area contributed by atoms with Crippen LogP contribution in [0.4, 0.5) is 0 Å². The highest BCUT2D eigenvalue weighted by Crippen LogP contribution is 2.30. The maximum Gasteiger partial charge on any atom is 0.161 e. The van der Waals surface area contributed by atoms with Crippen molar-refractivity contribution >= 4 is 24.0 Å². The number of nitrogens with zero attached hydrogens (tertiary/aromatic N) is 1. The maximum absolute atomic E-state index is 5.80. The average molecular weight is 309 g/mol. The molecule has 2 aromatic rings. The molecule has 0 fully saturated rings. The lowest BCUT2D eigenvalue weighted by atomic mass is 10.1. The molecule has 0 unspecified atom stereocenters. The Morgan fingerprint density at radius 3 is 2.50 bits per heavy atom. The molecule has 0 atom stereocenters. The summed E-state index contributed by atoms with van der Waals surface area (Å²) in [5.74, 6) is 2.61. The van der Waals surface area contributed by atoms with Crippen molar-refractivity contribution in [3.05, 3.63) is 39.8 Å². The van der Waals surface area contributed by atoms with Crippen LogP contribution in [-0.4, -0.2) is 12.1 Å². The molecule has 0 amide bonds. The first-order chi connectivity index (χ1) is 9.65. The van der Waals surface area contributed by atoms with Crippen molar-refractivity contribution in [3.63, 3.8) is 0 Å². The van der Waals surface area contributed by atoms with Crippen LogP contribution in [0, 0.1) is 0 Å². The lowest BCUT2D eigenvalue weighted by Gasteiger charge is -2.08. The zero-order valence-electron chi connectivity index (χ0n) is 11.9. The van der Waals surface area contributed by atoms with Crippen LogP contribution in [-0.2, 0) is 12.4 Å². The van der Waals surface area contributed by atoms with Gasteiger partial charge < -0.3 is 9.47 Å². The van der Waals surface area contributed by atoms with Gasteiger partial charge in [-0.05, 0) is 18.1 Å². The van der Waals surface area contributed by atoms with Crippen molar-refractivity contribution < 1.29 is 9.47 Å². The molecule has 1 aromatic heterocycles. The minimum Gasteiger partial charge on any atom is -0.493 e. The molecule has 0 aliphatic heterocycles. The first-order valence-electron chi connectivity index (χ1n) is 6.50. The van der Waals surface area contributed by atoms with Gasteiger partial charge in [-0.2, -0.15) is 12.6 Å². The molecule has 0 aliphatic carbocycles. The number of hydrogen-bond donors (Lipinski definition) is 1. The molecule has 0 aliphatic rings. The Balaban J connectivity index is 2.11. The number of hydrogen-bond acceptors (Lipinski definition) is 5. The predicted octanol–water partition coefficient (Wildman–Crippen LogP) is 4.28. The quantitative estimate of drug-likeness (QED) is 0.808. The second kappa shape index (κ2) is 6.99. The highest BCUT2D eigenvalue weighted by atomic mass is 32.1. The van der Waals surface area contributed by atoms with Crippen LogP contribution in [0.5, 0.6) is 11.5 Å². The Labute approximate surface area is 129 Å². The molecule has 5 heteroatoms. The normalized spacial score (nSPS) is 10.8. The molecule has 0 spiro atoms. The third kappa shape index (κ3) is 3.46. The first kappa shape index (κ1) is 15.2. The molecule has 0 radical (unpaired) electrons. The van der Waals surface area contributed by atoms with E-state index in [0.29, 0.717) is 12.5 Å². The first-order valence-corrected chi connectivity index (χ1v) is 7.95. The number of aromatic nitrogens is 1. The van der Waals surface area contributed by atoms with Crippen LogP contribution >= 0.6 is 24.0 Å². The van der Waals surface area contributed by atoms with Gasteiger partial charge in [-0.1, -0.05) is 26.0 Å². The molecule has 108 valence electrons. The summed E-state index contributed by atoms with van der Waals surface area (Å²) < 4.78 is 11.1. The van der Waals surface area contributed by atoms with Gasteiger partial charge in [0.2, 0.25) is 0 Å². The van der Waals surface area contributed by atoms with Crippen molar-refractivity contribution in [2.45, 2.75) is 32.1 Å². The van der Waals surface area contributed by atoms with Gasteiger partial charge in [0.15, 0.2) is 11.5 Å². The van der Waals surface area contributed by atoms with Gasteiger partial charge in [0.05, 0.1) is 12.8 Å². The lowest BCUT2D eigenvalue weighted by molar-refractivity contribution is 0.284. The molecule has 1 aromatic carbocycles. The van der Waals surface area contributed by atoms with E-state index in [0.717, 1.165) is 28.0 Å². The van der Waals surface area contributed by atoms with Crippen LogP contribution in [0.25, 0.3) is 0 Å². The Bertz CT molecular complexity index is 567. The van der Waals surface area contributed by atoms with Gasteiger partial charge in [-0.15, -0.1) is 11.3 Å². The minimum absolute atomic E-state index is 0.411. The van der Waals surface area contributed by atoms with E-state index < -0.39 is 0 Å². The van der Waals surface area contributed by atoms with Crippen LogP contribution in [0.2, 0.25) is 0 Å². The monoisotopic (exact) mass is 309 g/mol. The molecule has 20 heavy (non-hydrogen) atoms. The predicted molar refractivity (Wildman–Crippen MR) is 86.2 cm³/mol. The van der Waals surface area contributed by atoms with Crippen molar-refractivity contribution in [1.82, 2.24) is 4.98 Å². The summed E-state index contributed by atoms with van der Waals surface area (Å²) in [5, 5.41) is 0.976. The molecule has 0 saturated carbocycles. The van der Waals surface area contributed by atoms with E-state index in [1.165, 1.54) is 4.88 Å². The summed E-state index contributed by atoms with van der Waals surface area (Å²) in [4.78, 5) is 5.88. The van der Waals surface area contributed by atoms with E-state index in [1.54, 1.807) is 18.4 Å². The molecule has 2 rings (SSSR count). The smallest absolute Gasteiger partial charge is 0.161 e. The number of rotatable bonds is 6. The molecule has 0 N–H and O–H groups in total. The number of benzene rings is 1. The Kier molecular flexibility index (Phi) is 5.31. The zero-order valence-corrected chi connectivity index (χ0v) is 13.6. The number of thiazole rings is 1. The molecule has 3 nitrogen and oxygen atoms in total. The zero-order chi connectivity index (χ0) is 14.5. The second-order valence-electron chi connectivity index (χ2n) is 4.67. The van der Waals surface area contributed by atoms with Crippen molar-refractivity contribution in [2.24, 2.45) is 0 Å². The molecule has 1 heterocycles. The summed E-state index contributed by atoms with van der Waals surface area (Å²) in [6.45, 7) is 4.75. The van der Waals surface area contributed by atoms with Gasteiger partial charge in [-0.3, -0.25) is 0 Å². The molecule has 0 bridgehead atoms. The summed E-state index contributed by atoms with van der Waals surface area (Å²) in [7, 11) is 1.64. The van der Waals surface area contributed by atoms with Crippen LogP contribution < -0.4 is 9.47 Å². The van der Waals surface area contributed by atoms with E-state index in [-0.39, 0.29) is 0 Å². The van der Waals surface area contributed by atoms with Gasteiger partial charge in [0, 0.05) is 10.6 Å². The minimum atomic E-state index is 0.411. The fourth-order valence-corrected chi connectivity index (χ4v) is 3.27. The van der Waals surface area contributed by atoms with Crippen LogP contribution in [0.15, 0.2) is 24.3 Å². The van der Waals surface area contributed by atoms with Crippen molar-refractivity contribution in [2.75, 3.05) is 7.11 Å². The molecule has 0 saturated heterocycles. The summed E-state index contributed by atoms with van der Waals surface area (Å²) >= 11 is 6.03. The van der Waals surface area contributed by atoms with Gasteiger partial charge in [-0.25, -0.2) is 4.98 Å². The number of thiol groups is 1. The van der Waals surface area contributed by atoms with Gasteiger partial charge in [0.1, 0.15) is 11.6 Å². The van der Waals surface area contributed by atoms with Crippen molar-refractivity contribution in [1.29, 1.82) is 0 Å². The molecular weight excluding hydrogens is 290 g/mol. The van der Waals surface area contributed by atoms with Gasteiger partial charge in [0.25, 0.3) is 0 Å². The largest absolute Gasteiger partial charge is 0.493 e. The topological polar surface area (TPSA) is 31.4 Å². The SMILES string of the molecule is COc1ccccc1OCc1nc(C(C)C)c(CS)s1. The summed E-state index contributed by atoms with van der Waals surface area (Å²) in [6, 6.07) is 7.63. The third-order valence-electron chi connectivity index (χ3n) is 2.88. The third-order valence-corrected chi connectivity index (χ3v) is 4.46. The molecular formula is C15H19NO2S2. The highest BCUT2D eigenvalue weighted by Gasteiger charge is 2.14. The van der Waals surface area contributed by atoms with Crippen LogP contribution in [0.3, 0.4) is 0 Å². The van der Waals surface area contributed by atoms with Gasteiger partial charge >= 0.3 is 0 Å². The average Bonchev–Trinajstić information content (AvgIpc) is 2.89. The Morgan fingerprint density at radius 2 is 1.95 bits per heavy atom. The number of methoxy groups -OCH3 is 1. The summed E-state index contributed by atoms with van der Waals surface area (Å²) in [5.41, 5.74) is 1.13. The van der Waals surface area contributed by atoms with E-state index >= 15 is 0 Å². The Morgan fingerprint density at radius 1 is 1.25 bits per heavy atom. The van der Waals surface area contributed by atoms with Crippen molar-refractivity contribution in [3.8, 4) is 11.5 Å². The standard InChI is InChI=1S/C15H19NO2S2/c1-10(2)15-13(9-19)20-14(16-15)8-18-12-7-5-4-6-11(12)17-3/h4-7,10,19H,8-9H2,1-3H3. The number of ether oxygens (including phenoxy) is 2. The fourth-order valence-electron chi connectivity index (χ4n) is 1.92. The van der Waals surface area contributed by atoms with Crippen LogP contribution in [0.1, 0.15) is 35.3 Å². The highest BCUT2D eigenvalue weighted by molar-refractivity contribution is 7.79. The Hall–Kier alpha value is -1.20. The second-order valence-corrected chi connectivity index (χ2v) is 6.15. The van der Waals surface area contributed by atoms with E-state index in [1.807, 2.05) is 24.3 Å².